The van der Waals surface area contributed by atoms with E-state index >= 15 is 0 Å². The molecule has 0 atom stereocenters. The second-order valence-electron chi connectivity index (χ2n) is 33.5. The van der Waals surface area contributed by atoms with Crippen molar-refractivity contribution >= 4 is 0 Å². The molecule has 0 nitrogen and oxygen atoms in total. The van der Waals surface area contributed by atoms with E-state index in [1.165, 1.54) is 552 Å². The third kappa shape index (κ3) is 82.8. The maximum Gasteiger partial charge on any atom is -0.0297 e. The Morgan fingerprint density at radius 2 is 0.147 bits per heavy atom. The van der Waals surface area contributed by atoms with Crippen LogP contribution in [0.25, 0.3) is 0 Å². The molecule has 0 aromatic rings. The van der Waals surface area contributed by atoms with E-state index in [0.29, 0.717) is 5.41 Å². The van der Waals surface area contributed by atoms with Gasteiger partial charge in [0.05, 0.1) is 0 Å². The van der Waals surface area contributed by atoms with Crippen LogP contribution < -0.4 is 0 Å². The predicted molar refractivity (Wildman–Crippen MR) is 441 cm³/mol. The molecule has 0 aliphatic rings. The van der Waals surface area contributed by atoms with Gasteiger partial charge in [0, 0.05) is 0 Å². The Morgan fingerprint density at radius 1 is 0.0842 bits per heavy atom. The highest BCUT2D eigenvalue weighted by atomic mass is 14.3. The van der Waals surface area contributed by atoms with Gasteiger partial charge in [-0.15, -0.1) is 0 Å². The fourth-order valence-electron chi connectivity index (χ4n) is 16.8. The molecular weight excluding hydrogens is 1140 g/mol. The maximum atomic E-state index is 2.34. The van der Waals surface area contributed by atoms with E-state index in [1.807, 2.05) is 0 Å². The lowest BCUT2D eigenvalue weighted by atomic mass is 9.70. The van der Waals surface area contributed by atoms with E-state index in [0.717, 1.165) is 0 Å². The second kappa shape index (κ2) is 88.2. The van der Waals surface area contributed by atoms with E-state index in [-0.39, 0.29) is 0 Å². The summed E-state index contributed by atoms with van der Waals surface area (Å²) in [7, 11) is 0. The van der Waals surface area contributed by atoms with Crippen LogP contribution in [0.1, 0.15) is 606 Å². The van der Waals surface area contributed by atoms with Crippen LogP contribution in [0.15, 0.2) is 0 Å². The van der Waals surface area contributed by atoms with E-state index < -0.39 is 0 Å². The van der Waals surface area contributed by atoms with Gasteiger partial charge in [-0.3, -0.25) is 0 Å². The van der Waals surface area contributed by atoms with Crippen LogP contribution in [0.5, 0.6) is 0 Å². The molecule has 0 amide bonds. The SMILES string of the molecule is CCCCCCCCCCCCCCCCCCCCCCCCCCCCCCCCC(CCCCCCCCCCCCCCCCCCCC)(CCCCCCCCCCCCCCCCCCCCC)CCCCCCCCCCCCCCCCCCCCC. The number of unbranched alkanes of at least 4 members (excludes halogenated alkanes) is 82. The molecule has 0 radical (unpaired) electrons. The highest BCUT2D eigenvalue weighted by Gasteiger charge is 2.28. The summed E-state index contributed by atoms with van der Waals surface area (Å²) in [6, 6.07) is 0. The molecule has 0 saturated heterocycles. The van der Waals surface area contributed by atoms with E-state index in [1.54, 1.807) is 25.7 Å². The average Bonchev–Trinajstić information content (AvgIpc) is 1.19. The van der Waals surface area contributed by atoms with Gasteiger partial charge in [-0.25, -0.2) is 0 Å². The summed E-state index contributed by atoms with van der Waals surface area (Å²) >= 11 is 0. The number of hydrogen-bond donors (Lipinski definition) is 0. The highest BCUT2D eigenvalue weighted by Crippen LogP contribution is 2.42. The van der Waals surface area contributed by atoms with Gasteiger partial charge in [-0.2, -0.15) is 0 Å². The van der Waals surface area contributed by atoms with Crippen molar-refractivity contribution in [1.29, 1.82) is 0 Å². The van der Waals surface area contributed by atoms with Crippen molar-refractivity contribution in [2.24, 2.45) is 5.41 Å². The lowest BCUT2D eigenvalue weighted by molar-refractivity contribution is 0.171. The first-order chi connectivity index (χ1) is 47.2. The number of rotatable bonds is 90. The summed E-state index contributed by atoms with van der Waals surface area (Å²) in [6.07, 6.45) is 134. The Morgan fingerprint density at radius 3 is 0.221 bits per heavy atom. The van der Waals surface area contributed by atoms with Gasteiger partial charge in [0.15, 0.2) is 0 Å². The van der Waals surface area contributed by atoms with Crippen LogP contribution in [0.3, 0.4) is 0 Å². The summed E-state index contributed by atoms with van der Waals surface area (Å²) in [5.41, 5.74) is 0.643. The van der Waals surface area contributed by atoms with Crippen molar-refractivity contribution in [3.63, 3.8) is 0 Å². The average molecular weight is 1330 g/mol. The van der Waals surface area contributed by atoms with Crippen molar-refractivity contribution in [3.8, 4) is 0 Å². The molecule has 0 bridgehead atoms. The second-order valence-corrected chi connectivity index (χ2v) is 33.5. The Hall–Kier alpha value is 0. The molecular formula is C95H192. The van der Waals surface area contributed by atoms with Crippen molar-refractivity contribution < 1.29 is 0 Å². The summed E-state index contributed by atoms with van der Waals surface area (Å²) < 4.78 is 0. The van der Waals surface area contributed by atoms with Crippen LogP contribution in [0.2, 0.25) is 0 Å². The molecule has 95 heavy (non-hydrogen) atoms. The maximum absolute atomic E-state index is 2.34. The van der Waals surface area contributed by atoms with Gasteiger partial charge in [0.25, 0.3) is 0 Å². The van der Waals surface area contributed by atoms with Crippen molar-refractivity contribution in [2.75, 3.05) is 0 Å². The molecule has 0 rings (SSSR count). The first-order valence-electron chi connectivity index (χ1n) is 47.2. The molecule has 0 aliphatic heterocycles. The summed E-state index contributed by atoms with van der Waals surface area (Å²) in [5, 5.41) is 0. The monoisotopic (exact) mass is 1330 g/mol. The summed E-state index contributed by atoms with van der Waals surface area (Å²) in [5.74, 6) is 0. The highest BCUT2D eigenvalue weighted by molar-refractivity contribution is 4.81. The number of hydrogen-bond acceptors (Lipinski definition) is 0. The largest absolute Gasteiger partial charge is 0.0654 e. The normalized spacial score (nSPS) is 12.0. The molecule has 572 valence electrons. The summed E-state index contributed by atoms with van der Waals surface area (Å²) in [6.45, 7) is 9.33. The van der Waals surface area contributed by atoms with Gasteiger partial charge in [0.1, 0.15) is 0 Å². The Labute approximate surface area is 607 Å². The Bertz CT molecular complexity index is 1220. The molecule has 0 aromatic carbocycles. The zero-order chi connectivity index (χ0) is 68.1. The molecule has 0 heteroatoms. The molecule has 0 unspecified atom stereocenters. The van der Waals surface area contributed by atoms with Crippen LogP contribution in [0.4, 0.5) is 0 Å². The van der Waals surface area contributed by atoms with Crippen molar-refractivity contribution in [2.45, 2.75) is 606 Å². The third-order valence-corrected chi connectivity index (χ3v) is 23.7. The Balaban J connectivity index is 4.88. The molecule has 0 N–H and O–H groups in total. The topological polar surface area (TPSA) is 0 Å². The van der Waals surface area contributed by atoms with Gasteiger partial charge in [-0.1, -0.05) is 580 Å². The molecule has 0 saturated carbocycles. The molecule has 0 spiro atoms. The minimum atomic E-state index is 0.643. The van der Waals surface area contributed by atoms with E-state index in [9.17, 15) is 0 Å². The van der Waals surface area contributed by atoms with Gasteiger partial charge >= 0.3 is 0 Å². The predicted octanol–water partition coefficient (Wildman–Crippen LogP) is 37.2. The van der Waals surface area contributed by atoms with Gasteiger partial charge in [-0.05, 0) is 31.1 Å². The zero-order valence-corrected chi connectivity index (χ0v) is 68.1. The molecule has 0 heterocycles. The fourth-order valence-corrected chi connectivity index (χ4v) is 16.8. The molecule has 0 fully saturated rings. The van der Waals surface area contributed by atoms with Gasteiger partial charge < -0.3 is 0 Å². The van der Waals surface area contributed by atoms with Gasteiger partial charge in [0.2, 0.25) is 0 Å². The van der Waals surface area contributed by atoms with Crippen LogP contribution in [-0.2, 0) is 0 Å². The first kappa shape index (κ1) is 95.0. The lowest BCUT2D eigenvalue weighted by Gasteiger charge is -2.35. The van der Waals surface area contributed by atoms with Crippen LogP contribution >= 0.6 is 0 Å². The van der Waals surface area contributed by atoms with Crippen LogP contribution in [-0.4, -0.2) is 0 Å². The zero-order valence-electron chi connectivity index (χ0n) is 68.1. The minimum absolute atomic E-state index is 0.643. The molecule has 0 aliphatic carbocycles. The van der Waals surface area contributed by atoms with E-state index in [2.05, 4.69) is 27.7 Å². The lowest BCUT2D eigenvalue weighted by Crippen LogP contribution is -2.21. The quantitative estimate of drug-likeness (QED) is 0.0533. The standard InChI is InChI=1S/C95H192/c1-5-9-13-17-21-25-29-33-37-41-45-46-47-48-49-50-51-52-53-54-55-58-62-66-70-74-78-82-86-90-94-95(91-87-83-79-75-71-67-63-59-44-40-36-32-28-24-20-16-12-8-4,92-88-84-80-76-72-68-64-60-56-42-38-34-30-26-22-18-14-10-6-2)93-89-85-81-77-73-69-65-61-57-43-39-35-31-27-23-19-15-11-7-3/h5-94H2,1-4H3. The molecule has 0 aromatic heterocycles. The first-order valence-corrected chi connectivity index (χ1v) is 47.2. The Kier molecular flexibility index (Phi) is 88.2. The van der Waals surface area contributed by atoms with Crippen LogP contribution in [0, 0.1) is 5.41 Å². The van der Waals surface area contributed by atoms with Crippen molar-refractivity contribution in [3.05, 3.63) is 0 Å². The smallest absolute Gasteiger partial charge is 0.0297 e. The van der Waals surface area contributed by atoms with Crippen molar-refractivity contribution in [1.82, 2.24) is 0 Å². The summed E-state index contributed by atoms with van der Waals surface area (Å²) in [4.78, 5) is 0. The fraction of sp³-hybridized carbons (Fsp3) is 1.00. The third-order valence-electron chi connectivity index (χ3n) is 23.7. The van der Waals surface area contributed by atoms with E-state index in [4.69, 9.17) is 0 Å². The minimum Gasteiger partial charge on any atom is -0.0654 e.